The summed E-state index contributed by atoms with van der Waals surface area (Å²) in [6, 6.07) is 14.2. The maximum Gasteiger partial charge on any atom is 0.262 e. The first kappa shape index (κ1) is 22.7. The molecule has 178 valence electrons. The summed E-state index contributed by atoms with van der Waals surface area (Å²) in [5.41, 5.74) is 4.84. The summed E-state index contributed by atoms with van der Waals surface area (Å²) in [6.45, 7) is 8.76. The molecule has 2 aliphatic heterocycles. The van der Waals surface area contributed by atoms with E-state index in [0.717, 1.165) is 35.2 Å². The van der Waals surface area contributed by atoms with E-state index in [9.17, 15) is 4.79 Å². The number of benzene rings is 2. The molecule has 2 aliphatic rings. The van der Waals surface area contributed by atoms with Crippen LogP contribution in [0, 0.1) is 0 Å². The molecule has 1 saturated heterocycles. The van der Waals surface area contributed by atoms with E-state index in [4.69, 9.17) is 9.15 Å². The van der Waals surface area contributed by atoms with Gasteiger partial charge in [-0.3, -0.25) is 9.69 Å². The van der Waals surface area contributed by atoms with Crippen LogP contribution in [0.4, 0.5) is 5.69 Å². The van der Waals surface area contributed by atoms with E-state index in [1.165, 1.54) is 31.4 Å². The average Bonchev–Trinajstić information content (AvgIpc) is 3.27. The van der Waals surface area contributed by atoms with Crippen LogP contribution in [0.1, 0.15) is 62.4 Å². The number of ether oxygens (including phenoxy) is 1. The molecule has 0 spiro atoms. The molecule has 5 heteroatoms. The molecule has 1 aromatic heterocycles. The predicted molar refractivity (Wildman–Crippen MR) is 138 cm³/mol. The van der Waals surface area contributed by atoms with Gasteiger partial charge in [0, 0.05) is 35.3 Å². The smallest absolute Gasteiger partial charge is 0.262 e. The number of furan rings is 1. The minimum atomic E-state index is -0.0572. The highest BCUT2D eigenvalue weighted by atomic mass is 16.5. The standard InChI is InChI=1S/C29H34N2O3/c1-4-33-27-11-6-5-10-24(27)29(32)31(20(2)3)23-12-13-28-25(18-23)26(19-34-28)21-14-16-30-15-8-7-9-22(30)17-21/h5-6,10-14,18-20,22H,4,7-9,15-17H2,1-3H3. The third-order valence-electron chi connectivity index (χ3n) is 7.11. The van der Waals surface area contributed by atoms with Crippen LogP contribution in [0.25, 0.3) is 16.5 Å². The van der Waals surface area contributed by atoms with Crippen molar-refractivity contribution in [3.63, 3.8) is 0 Å². The molecule has 0 bridgehead atoms. The van der Waals surface area contributed by atoms with Crippen LogP contribution in [0.15, 0.2) is 59.2 Å². The number of rotatable bonds is 6. The van der Waals surface area contributed by atoms with Gasteiger partial charge in [0.25, 0.3) is 5.91 Å². The van der Waals surface area contributed by atoms with E-state index in [1.807, 2.05) is 68.3 Å². The molecular formula is C29H34N2O3. The van der Waals surface area contributed by atoms with Crippen LogP contribution in [0.5, 0.6) is 5.75 Å². The van der Waals surface area contributed by atoms with E-state index >= 15 is 0 Å². The number of piperidine rings is 1. The largest absolute Gasteiger partial charge is 0.493 e. The van der Waals surface area contributed by atoms with E-state index < -0.39 is 0 Å². The summed E-state index contributed by atoms with van der Waals surface area (Å²) < 4.78 is 11.7. The Morgan fingerprint density at radius 2 is 2.06 bits per heavy atom. The zero-order valence-corrected chi connectivity index (χ0v) is 20.4. The molecule has 5 rings (SSSR count). The Balaban J connectivity index is 1.51. The molecular weight excluding hydrogens is 424 g/mol. The summed E-state index contributed by atoms with van der Waals surface area (Å²) in [5, 5.41) is 1.07. The van der Waals surface area contributed by atoms with Gasteiger partial charge in [0.15, 0.2) is 0 Å². The summed E-state index contributed by atoms with van der Waals surface area (Å²) in [5.74, 6) is 0.563. The zero-order valence-electron chi connectivity index (χ0n) is 20.4. The number of hydrogen-bond donors (Lipinski definition) is 0. The molecule has 34 heavy (non-hydrogen) atoms. The summed E-state index contributed by atoms with van der Waals surface area (Å²) in [6.07, 6.45) is 9.22. The van der Waals surface area contributed by atoms with Crippen molar-refractivity contribution in [1.82, 2.24) is 4.90 Å². The van der Waals surface area contributed by atoms with Crippen molar-refractivity contribution in [2.45, 2.75) is 58.5 Å². The van der Waals surface area contributed by atoms with Crippen LogP contribution in [-0.2, 0) is 0 Å². The first-order valence-electron chi connectivity index (χ1n) is 12.6. The van der Waals surface area contributed by atoms with Gasteiger partial charge in [-0.25, -0.2) is 0 Å². The quantitative estimate of drug-likeness (QED) is 0.421. The lowest BCUT2D eigenvalue weighted by atomic mass is 9.89. The normalized spacial score (nSPS) is 18.6. The Bertz CT molecular complexity index is 1210. The maximum atomic E-state index is 13.7. The Labute approximate surface area is 202 Å². The molecule has 0 radical (unpaired) electrons. The fraction of sp³-hybridized carbons (Fsp3) is 0.414. The summed E-state index contributed by atoms with van der Waals surface area (Å²) in [4.78, 5) is 18.2. The van der Waals surface area contributed by atoms with Gasteiger partial charge >= 0.3 is 0 Å². The van der Waals surface area contributed by atoms with Gasteiger partial charge in [-0.1, -0.05) is 24.6 Å². The van der Waals surface area contributed by atoms with Crippen LogP contribution >= 0.6 is 0 Å². The average molecular weight is 459 g/mol. The highest BCUT2D eigenvalue weighted by Crippen LogP contribution is 2.37. The van der Waals surface area contributed by atoms with Crippen molar-refractivity contribution in [2.24, 2.45) is 0 Å². The van der Waals surface area contributed by atoms with Crippen LogP contribution in [0.3, 0.4) is 0 Å². The second-order valence-electron chi connectivity index (χ2n) is 9.61. The molecule has 3 heterocycles. The minimum Gasteiger partial charge on any atom is -0.493 e. The third kappa shape index (κ3) is 4.25. The Kier molecular flexibility index (Phi) is 6.46. The number of anilines is 1. The predicted octanol–water partition coefficient (Wildman–Crippen LogP) is 6.53. The van der Waals surface area contributed by atoms with E-state index in [-0.39, 0.29) is 11.9 Å². The third-order valence-corrected chi connectivity index (χ3v) is 7.11. The Morgan fingerprint density at radius 1 is 1.21 bits per heavy atom. The second-order valence-corrected chi connectivity index (χ2v) is 9.61. The van der Waals surface area contributed by atoms with Crippen molar-refractivity contribution >= 4 is 28.1 Å². The number of hydrogen-bond acceptors (Lipinski definition) is 4. The molecule has 0 saturated carbocycles. The monoisotopic (exact) mass is 458 g/mol. The maximum absolute atomic E-state index is 13.7. The number of carbonyl (C=O) groups excluding carboxylic acids is 1. The first-order valence-corrected chi connectivity index (χ1v) is 12.6. The van der Waals surface area contributed by atoms with Gasteiger partial charge in [0.1, 0.15) is 11.3 Å². The van der Waals surface area contributed by atoms with Gasteiger partial charge in [0.2, 0.25) is 0 Å². The first-order chi connectivity index (χ1) is 16.6. The van der Waals surface area contributed by atoms with Gasteiger partial charge in [-0.2, -0.15) is 0 Å². The zero-order chi connectivity index (χ0) is 23.7. The Hall–Kier alpha value is -3.05. The van der Waals surface area contributed by atoms with E-state index in [2.05, 4.69) is 17.0 Å². The number of carbonyl (C=O) groups is 1. The summed E-state index contributed by atoms with van der Waals surface area (Å²) >= 11 is 0. The number of para-hydroxylation sites is 1. The lowest BCUT2D eigenvalue weighted by Crippen LogP contribution is -2.41. The fourth-order valence-corrected chi connectivity index (χ4v) is 5.44. The lowest BCUT2D eigenvalue weighted by Gasteiger charge is -2.38. The van der Waals surface area contributed by atoms with E-state index in [0.29, 0.717) is 24.0 Å². The van der Waals surface area contributed by atoms with Gasteiger partial charge < -0.3 is 14.1 Å². The number of nitrogens with zero attached hydrogens (tertiary/aromatic N) is 2. The highest BCUT2D eigenvalue weighted by Gasteiger charge is 2.28. The Morgan fingerprint density at radius 3 is 2.88 bits per heavy atom. The number of fused-ring (bicyclic) bond motifs is 2. The van der Waals surface area contributed by atoms with Crippen molar-refractivity contribution in [2.75, 3.05) is 24.6 Å². The van der Waals surface area contributed by atoms with Crippen molar-refractivity contribution < 1.29 is 13.9 Å². The molecule has 2 aromatic carbocycles. The molecule has 1 unspecified atom stereocenters. The summed E-state index contributed by atoms with van der Waals surface area (Å²) in [7, 11) is 0. The van der Waals surface area contributed by atoms with Crippen molar-refractivity contribution in [1.29, 1.82) is 0 Å². The molecule has 0 aliphatic carbocycles. The molecule has 0 N–H and O–H groups in total. The fourth-order valence-electron chi connectivity index (χ4n) is 5.44. The van der Waals surface area contributed by atoms with Gasteiger partial charge in [0.05, 0.1) is 18.4 Å². The van der Waals surface area contributed by atoms with Crippen LogP contribution in [-0.4, -0.2) is 42.6 Å². The van der Waals surface area contributed by atoms with Crippen molar-refractivity contribution in [3.8, 4) is 5.75 Å². The van der Waals surface area contributed by atoms with Crippen molar-refractivity contribution in [3.05, 3.63) is 65.9 Å². The van der Waals surface area contributed by atoms with E-state index in [1.54, 1.807) is 0 Å². The lowest BCUT2D eigenvalue weighted by molar-refractivity contribution is 0.0976. The minimum absolute atomic E-state index is 0.0142. The molecule has 5 nitrogen and oxygen atoms in total. The molecule has 1 atom stereocenters. The van der Waals surface area contributed by atoms with Gasteiger partial charge in [-0.05, 0) is 82.5 Å². The van der Waals surface area contributed by atoms with Crippen LogP contribution < -0.4 is 9.64 Å². The topological polar surface area (TPSA) is 45.9 Å². The highest BCUT2D eigenvalue weighted by molar-refractivity contribution is 6.09. The second kappa shape index (κ2) is 9.67. The SMILES string of the molecule is CCOc1ccccc1C(=O)N(c1ccc2occ(C3=CCN4CCCCC4C3)c2c1)C(C)C. The number of amides is 1. The molecule has 1 amide bonds. The van der Waals surface area contributed by atoms with Crippen LogP contribution in [0.2, 0.25) is 0 Å². The molecule has 1 fully saturated rings. The van der Waals surface area contributed by atoms with Gasteiger partial charge in [-0.15, -0.1) is 0 Å². The molecule has 3 aromatic rings.